The van der Waals surface area contributed by atoms with E-state index in [2.05, 4.69) is 25.5 Å². The molecule has 0 radical (unpaired) electrons. The van der Waals surface area contributed by atoms with Crippen LogP contribution < -0.4 is 10.2 Å². The molecule has 0 unspecified atom stereocenters. The van der Waals surface area contributed by atoms with E-state index >= 15 is 0 Å². The van der Waals surface area contributed by atoms with E-state index in [1.54, 1.807) is 12.1 Å². The van der Waals surface area contributed by atoms with Crippen LogP contribution in [0.2, 0.25) is 0 Å². The van der Waals surface area contributed by atoms with Crippen molar-refractivity contribution in [3.05, 3.63) is 47.7 Å². The summed E-state index contributed by atoms with van der Waals surface area (Å²) in [6.07, 6.45) is -4.44. The SMILES string of the molecule is Cc1cc(Nc2cc(N(C)CCN(C)C)nc(-c3cccc(C(F)(F)F)c3)n2)n[nH]1. The van der Waals surface area contributed by atoms with Gasteiger partial charge in [0.2, 0.25) is 0 Å². The maximum absolute atomic E-state index is 13.2. The summed E-state index contributed by atoms with van der Waals surface area (Å²) >= 11 is 0. The van der Waals surface area contributed by atoms with Crippen molar-refractivity contribution >= 4 is 17.5 Å². The predicted molar refractivity (Wildman–Crippen MR) is 111 cm³/mol. The van der Waals surface area contributed by atoms with E-state index in [9.17, 15) is 13.2 Å². The van der Waals surface area contributed by atoms with Crippen LogP contribution in [0.25, 0.3) is 11.4 Å². The van der Waals surface area contributed by atoms with Crippen LogP contribution in [0.1, 0.15) is 11.3 Å². The largest absolute Gasteiger partial charge is 0.416 e. The average molecular weight is 419 g/mol. The highest BCUT2D eigenvalue weighted by Gasteiger charge is 2.30. The lowest BCUT2D eigenvalue weighted by atomic mass is 10.1. The second-order valence-corrected chi connectivity index (χ2v) is 7.30. The monoisotopic (exact) mass is 419 g/mol. The number of benzene rings is 1. The van der Waals surface area contributed by atoms with Crippen molar-refractivity contribution in [3.63, 3.8) is 0 Å². The lowest BCUT2D eigenvalue weighted by Gasteiger charge is -2.21. The van der Waals surface area contributed by atoms with Crippen LogP contribution in [0.4, 0.5) is 30.6 Å². The zero-order valence-electron chi connectivity index (χ0n) is 17.2. The lowest BCUT2D eigenvalue weighted by molar-refractivity contribution is -0.137. The Morgan fingerprint density at radius 1 is 1.00 bits per heavy atom. The first-order valence-corrected chi connectivity index (χ1v) is 9.33. The lowest BCUT2D eigenvalue weighted by Crippen LogP contribution is -2.29. The highest BCUT2D eigenvalue weighted by molar-refractivity contribution is 5.65. The van der Waals surface area contributed by atoms with E-state index < -0.39 is 11.7 Å². The van der Waals surface area contributed by atoms with Crippen LogP contribution in [0.5, 0.6) is 0 Å². The van der Waals surface area contributed by atoms with Gasteiger partial charge in [0.05, 0.1) is 5.56 Å². The normalized spacial score (nSPS) is 11.7. The van der Waals surface area contributed by atoms with Gasteiger partial charge in [-0.3, -0.25) is 5.10 Å². The molecule has 0 saturated heterocycles. The molecule has 0 atom stereocenters. The minimum absolute atomic E-state index is 0.199. The van der Waals surface area contributed by atoms with Gasteiger partial charge in [0, 0.05) is 43.5 Å². The van der Waals surface area contributed by atoms with Crippen molar-refractivity contribution < 1.29 is 13.2 Å². The van der Waals surface area contributed by atoms with Gasteiger partial charge in [0.1, 0.15) is 11.6 Å². The Kier molecular flexibility index (Phi) is 6.25. The average Bonchev–Trinajstić information content (AvgIpc) is 3.09. The molecule has 0 bridgehead atoms. The maximum atomic E-state index is 13.2. The molecule has 30 heavy (non-hydrogen) atoms. The third-order valence-electron chi connectivity index (χ3n) is 4.40. The fourth-order valence-electron chi connectivity index (χ4n) is 2.74. The van der Waals surface area contributed by atoms with Crippen molar-refractivity contribution in [2.45, 2.75) is 13.1 Å². The van der Waals surface area contributed by atoms with E-state index in [1.807, 2.05) is 43.9 Å². The minimum atomic E-state index is -4.44. The molecule has 0 aliphatic heterocycles. The summed E-state index contributed by atoms with van der Waals surface area (Å²) in [5.41, 5.74) is 0.411. The Labute approximate surface area is 173 Å². The van der Waals surface area contributed by atoms with Gasteiger partial charge in [-0.15, -0.1) is 0 Å². The summed E-state index contributed by atoms with van der Waals surface area (Å²) in [4.78, 5) is 12.9. The molecule has 160 valence electrons. The second kappa shape index (κ2) is 8.70. The van der Waals surface area contributed by atoms with E-state index in [-0.39, 0.29) is 11.4 Å². The van der Waals surface area contributed by atoms with Gasteiger partial charge in [-0.05, 0) is 33.2 Å². The molecule has 7 nitrogen and oxygen atoms in total. The Balaban J connectivity index is 2.00. The van der Waals surface area contributed by atoms with Gasteiger partial charge < -0.3 is 15.1 Å². The first kappa shape index (κ1) is 21.6. The van der Waals surface area contributed by atoms with E-state index in [1.165, 1.54) is 6.07 Å². The van der Waals surface area contributed by atoms with Crippen LogP contribution >= 0.6 is 0 Å². The van der Waals surface area contributed by atoms with Crippen LogP contribution in [-0.4, -0.2) is 59.3 Å². The molecule has 0 aliphatic carbocycles. The third-order valence-corrected chi connectivity index (χ3v) is 4.40. The minimum Gasteiger partial charge on any atom is -0.358 e. The van der Waals surface area contributed by atoms with Crippen LogP contribution in [0.15, 0.2) is 36.4 Å². The Bertz CT molecular complexity index is 998. The number of aromatic nitrogens is 4. The third kappa shape index (κ3) is 5.47. The fraction of sp³-hybridized carbons (Fsp3) is 0.350. The molecule has 0 spiro atoms. The molecule has 0 aliphatic rings. The zero-order chi connectivity index (χ0) is 21.9. The first-order valence-electron chi connectivity index (χ1n) is 9.33. The molecular formula is C20H24F3N7. The number of hydrogen-bond acceptors (Lipinski definition) is 6. The Morgan fingerprint density at radius 3 is 2.40 bits per heavy atom. The van der Waals surface area contributed by atoms with Crippen LogP contribution in [0.3, 0.4) is 0 Å². The van der Waals surface area contributed by atoms with Gasteiger partial charge in [-0.25, -0.2) is 9.97 Å². The summed E-state index contributed by atoms with van der Waals surface area (Å²) in [6, 6.07) is 8.56. The van der Waals surface area contributed by atoms with E-state index in [0.717, 1.165) is 24.4 Å². The standard InChI is InChI=1S/C20H24F3N7/c1-13-10-17(28-27-13)24-16-12-18(30(4)9-8-29(2)3)26-19(25-16)14-6-5-7-15(11-14)20(21,22)23/h5-7,10-12H,8-9H2,1-4H3,(H2,24,25,26,27,28). The number of hydrogen-bond donors (Lipinski definition) is 2. The number of nitrogens with one attached hydrogen (secondary N) is 2. The fourth-order valence-corrected chi connectivity index (χ4v) is 2.74. The van der Waals surface area contributed by atoms with Crippen LogP contribution in [-0.2, 0) is 6.18 Å². The first-order chi connectivity index (χ1) is 14.1. The second-order valence-electron chi connectivity index (χ2n) is 7.30. The number of aromatic amines is 1. The molecule has 2 heterocycles. The quantitative estimate of drug-likeness (QED) is 0.605. The van der Waals surface area contributed by atoms with Gasteiger partial charge in [0.15, 0.2) is 11.6 Å². The molecule has 2 N–H and O–H groups in total. The van der Waals surface area contributed by atoms with Crippen molar-refractivity contribution in [2.24, 2.45) is 0 Å². The van der Waals surface area contributed by atoms with Gasteiger partial charge in [-0.2, -0.15) is 18.3 Å². The van der Waals surface area contributed by atoms with Crippen LogP contribution in [0, 0.1) is 6.92 Å². The summed E-state index contributed by atoms with van der Waals surface area (Å²) < 4.78 is 39.5. The smallest absolute Gasteiger partial charge is 0.358 e. The highest BCUT2D eigenvalue weighted by Crippen LogP contribution is 2.32. The number of anilines is 3. The van der Waals surface area contributed by atoms with E-state index in [4.69, 9.17) is 0 Å². The number of H-pyrrole nitrogens is 1. The molecule has 3 rings (SSSR count). The molecule has 0 saturated carbocycles. The van der Waals surface area contributed by atoms with Crippen molar-refractivity contribution in [3.8, 4) is 11.4 Å². The number of halogens is 3. The summed E-state index contributed by atoms with van der Waals surface area (Å²) in [7, 11) is 5.81. The molecule has 0 fully saturated rings. The molecule has 10 heteroatoms. The van der Waals surface area contributed by atoms with Gasteiger partial charge in [0.25, 0.3) is 0 Å². The molecule has 3 aromatic rings. The highest BCUT2D eigenvalue weighted by atomic mass is 19.4. The van der Waals surface area contributed by atoms with Crippen molar-refractivity contribution in [1.82, 2.24) is 25.1 Å². The predicted octanol–water partition coefficient (Wildman–Crippen LogP) is 3.94. The number of aryl methyl sites for hydroxylation is 1. The Morgan fingerprint density at radius 2 is 1.77 bits per heavy atom. The zero-order valence-corrected chi connectivity index (χ0v) is 17.2. The van der Waals surface area contributed by atoms with E-state index in [0.29, 0.717) is 24.0 Å². The van der Waals surface area contributed by atoms with Gasteiger partial charge >= 0.3 is 6.18 Å². The topological polar surface area (TPSA) is 73.0 Å². The summed E-state index contributed by atoms with van der Waals surface area (Å²) in [5, 5.41) is 10.0. The number of likely N-dealkylation sites (N-methyl/N-ethyl adjacent to an activating group) is 2. The number of nitrogens with zero attached hydrogens (tertiary/aromatic N) is 5. The molecule has 1 aromatic carbocycles. The number of rotatable bonds is 7. The molecular weight excluding hydrogens is 395 g/mol. The van der Waals surface area contributed by atoms with Gasteiger partial charge in [-0.1, -0.05) is 12.1 Å². The van der Waals surface area contributed by atoms with Crippen molar-refractivity contribution in [2.75, 3.05) is 44.4 Å². The molecule has 0 amide bonds. The summed E-state index contributed by atoms with van der Waals surface area (Å²) in [5.74, 6) is 1.79. The van der Waals surface area contributed by atoms with Crippen molar-refractivity contribution in [1.29, 1.82) is 0 Å². The summed E-state index contributed by atoms with van der Waals surface area (Å²) in [6.45, 7) is 3.35. The molecule has 2 aromatic heterocycles. The maximum Gasteiger partial charge on any atom is 0.416 e. The number of alkyl halides is 3. The Hall–Kier alpha value is -3.14.